The fraction of sp³-hybridized carbons (Fsp3) is 0.217. The van der Waals surface area contributed by atoms with Gasteiger partial charge in [-0.05, 0) is 68.7 Å². The largest absolute Gasteiger partial charge is 0.322 e. The standard InChI is InChI=1S/C23H21ClN2O2S/c1-15-5-7-16(8-6-15)22(27)25-18-11-9-17(10-12-18)23(28)26-13-3-2-4-20-19(26)14-21(24)29-20/h5-12,14H,2-4,13H2,1H3,(H,25,27). The number of hydrogen-bond donors (Lipinski definition) is 1. The zero-order valence-corrected chi connectivity index (χ0v) is 17.6. The van der Waals surface area contributed by atoms with Crippen LogP contribution in [0.2, 0.25) is 4.34 Å². The highest BCUT2D eigenvalue weighted by atomic mass is 35.5. The Morgan fingerprint density at radius 2 is 1.69 bits per heavy atom. The number of rotatable bonds is 3. The summed E-state index contributed by atoms with van der Waals surface area (Å²) in [4.78, 5) is 28.5. The molecule has 1 N–H and O–H groups in total. The molecule has 4 rings (SSSR count). The third-order valence-electron chi connectivity index (χ3n) is 5.03. The Hall–Kier alpha value is -2.63. The van der Waals surface area contributed by atoms with E-state index in [4.69, 9.17) is 11.6 Å². The number of nitrogens with zero attached hydrogens (tertiary/aromatic N) is 1. The highest BCUT2D eigenvalue weighted by Crippen LogP contribution is 2.37. The van der Waals surface area contributed by atoms with Crippen LogP contribution in [0.25, 0.3) is 0 Å². The Labute approximate surface area is 179 Å². The summed E-state index contributed by atoms with van der Waals surface area (Å²) in [7, 11) is 0. The lowest BCUT2D eigenvalue weighted by Crippen LogP contribution is -2.31. The van der Waals surface area contributed by atoms with Crippen LogP contribution in [0.5, 0.6) is 0 Å². The van der Waals surface area contributed by atoms with Crippen LogP contribution in [0.15, 0.2) is 54.6 Å². The van der Waals surface area contributed by atoms with Crippen molar-refractivity contribution in [2.75, 3.05) is 16.8 Å². The third-order valence-corrected chi connectivity index (χ3v) is 6.34. The number of anilines is 2. The fourth-order valence-electron chi connectivity index (χ4n) is 3.44. The summed E-state index contributed by atoms with van der Waals surface area (Å²) in [5, 5.41) is 2.87. The summed E-state index contributed by atoms with van der Waals surface area (Å²) >= 11 is 7.74. The third kappa shape index (κ3) is 4.36. The van der Waals surface area contributed by atoms with Crippen LogP contribution in [0.4, 0.5) is 11.4 Å². The van der Waals surface area contributed by atoms with E-state index in [1.807, 2.05) is 30.0 Å². The molecule has 4 nitrogen and oxygen atoms in total. The molecule has 1 aliphatic rings. The van der Waals surface area contributed by atoms with E-state index in [1.54, 1.807) is 47.7 Å². The van der Waals surface area contributed by atoms with Crippen molar-refractivity contribution in [3.63, 3.8) is 0 Å². The quantitative estimate of drug-likeness (QED) is 0.565. The summed E-state index contributed by atoms with van der Waals surface area (Å²) < 4.78 is 0.712. The lowest BCUT2D eigenvalue weighted by atomic mass is 10.1. The second-order valence-corrected chi connectivity index (χ2v) is 8.94. The van der Waals surface area contributed by atoms with Gasteiger partial charge in [0.2, 0.25) is 0 Å². The van der Waals surface area contributed by atoms with E-state index in [0.717, 1.165) is 30.5 Å². The Bertz CT molecular complexity index is 1040. The molecule has 6 heteroatoms. The number of aryl methyl sites for hydroxylation is 2. The van der Waals surface area contributed by atoms with E-state index in [-0.39, 0.29) is 11.8 Å². The maximum atomic E-state index is 13.1. The van der Waals surface area contributed by atoms with E-state index in [1.165, 1.54) is 4.88 Å². The molecule has 3 aromatic rings. The normalized spacial score (nSPS) is 13.5. The van der Waals surface area contributed by atoms with Gasteiger partial charge in [0, 0.05) is 28.2 Å². The molecule has 2 aromatic carbocycles. The second kappa shape index (κ2) is 8.39. The molecule has 0 unspecified atom stereocenters. The van der Waals surface area contributed by atoms with Gasteiger partial charge < -0.3 is 10.2 Å². The first kappa shape index (κ1) is 19.7. The van der Waals surface area contributed by atoms with Gasteiger partial charge in [0.1, 0.15) is 0 Å². The molecule has 0 saturated carbocycles. The Morgan fingerprint density at radius 1 is 1.00 bits per heavy atom. The maximum absolute atomic E-state index is 13.1. The van der Waals surface area contributed by atoms with Crippen molar-refractivity contribution in [1.29, 1.82) is 0 Å². The molecule has 0 radical (unpaired) electrons. The minimum atomic E-state index is -0.172. The number of benzene rings is 2. The molecular formula is C23H21ClN2O2S. The minimum absolute atomic E-state index is 0.0426. The highest BCUT2D eigenvalue weighted by molar-refractivity contribution is 7.16. The summed E-state index contributed by atoms with van der Waals surface area (Å²) in [5.74, 6) is -0.215. The van der Waals surface area contributed by atoms with Crippen molar-refractivity contribution >= 4 is 46.1 Å². The molecule has 0 spiro atoms. The van der Waals surface area contributed by atoms with Crippen molar-refractivity contribution in [3.05, 3.63) is 80.5 Å². The van der Waals surface area contributed by atoms with Gasteiger partial charge in [-0.1, -0.05) is 29.3 Å². The molecule has 0 aliphatic carbocycles. The van der Waals surface area contributed by atoms with Gasteiger partial charge in [0.15, 0.2) is 0 Å². The van der Waals surface area contributed by atoms with Crippen LogP contribution in [0.1, 0.15) is 44.0 Å². The molecule has 0 saturated heterocycles. The SMILES string of the molecule is Cc1ccc(C(=O)Nc2ccc(C(=O)N3CCCCc4sc(Cl)cc43)cc2)cc1. The van der Waals surface area contributed by atoms with E-state index in [2.05, 4.69) is 5.32 Å². The predicted octanol–water partition coefficient (Wildman–Crippen LogP) is 5.95. The van der Waals surface area contributed by atoms with Gasteiger partial charge >= 0.3 is 0 Å². The highest BCUT2D eigenvalue weighted by Gasteiger charge is 2.24. The van der Waals surface area contributed by atoms with Crippen molar-refractivity contribution in [1.82, 2.24) is 0 Å². The smallest absolute Gasteiger partial charge is 0.258 e. The van der Waals surface area contributed by atoms with Crippen molar-refractivity contribution in [3.8, 4) is 0 Å². The van der Waals surface area contributed by atoms with E-state index in [9.17, 15) is 9.59 Å². The molecule has 0 fully saturated rings. The zero-order chi connectivity index (χ0) is 20.4. The molecule has 29 heavy (non-hydrogen) atoms. The lowest BCUT2D eigenvalue weighted by Gasteiger charge is -2.21. The number of hydrogen-bond acceptors (Lipinski definition) is 3. The molecule has 2 amide bonds. The van der Waals surface area contributed by atoms with Crippen LogP contribution in [0, 0.1) is 6.92 Å². The van der Waals surface area contributed by atoms with Crippen LogP contribution < -0.4 is 10.2 Å². The number of halogens is 1. The van der Waals surface area contributed by atoms with Crippen LogP contribution >= 0.6 is 22.9 Å². The first-order chi connectivity index (χ1) is 14.0. The number of carbonyl (C=O) groups excluding carboxylic acids is 2. The van der Waals surface area contributed by atoms with Gasteiger partial charge in [0.25, 0.3) is 11.8 Å². The molecule has 1 aromatic heterocycles. The van der Waals surface area contributed by atoms with Crippen LogP contribution in [-0.4, -0.2) is 18.4 Å². The first-order valence-corrected chi connectivity index (χ1v) is 10.8. The van der Waals surface area contributed by atoms with Gasteiger partial charge in [-0.25, -0.2) is 0 Å². The fourth-order valence-corrected chi connectivity index (χ4v) is 4.75. The van der Waals surface area contributed by atoms with Crippen LogP contribution in [0.3, 0.4) is 0 Å². The summed E-state index contributed by atoms with van der Waals surface area (Å²) in [6.07, 6.45) is 2.98. The minimum Gasteiger partial charge on any atom is -0.322 e. The lowest BCUT2D eigenvalue weighted by molar-refractivity contribution is 0.0986. The number of carbonyl (C=O) groups is 2. The molecule has 148 valence electrons. The Morgan fingerprint density at radius 3 is 2.41 bits per heavy atom. The zero-order valence-electron chi connectivity index (χ0n) is 16.1. The monoisotopic (exact) mass is 424 g/mol. The predicted molar refractivity (Wildman–Crippen MR) is 120 cm³/mol. The molecular weight excluding hydrogens is 404 g/mol. The molecule has 2 heterocycles. The Balaban J connectivity index is 1.49. The van der Waals surface area contributed by atoms with Crippen molar-refractivity contribution in [2.45, 2.75) is 26.2 Å². The van der Waals surface area contributed by atoms with Crippen molar-refractivity contribution in [2.24, 2.45) is 0 Å². The molecule has 0 bridgehead atoms. The maximum Gasteiger partial charge on any atom is 0.258 e. The Kier molecular flexibility index (Phi) is 5.69. The topological polar surface area (TPSA) is 49.4 Å². The number of nitrogens with one attached hydrogen (secondary N) is 1. The van der Waals surface area contributed by atoms with Crippen molar-refractivity contribution < 1.29 is 9.59 Å². The number of fused-ring (bicyclic) bond motifs is 1. The van der Waals surface area contributed by atoms with Gasteiger partial charge in [0.05, 0.1) is 10.0 Å². The second-order valence-electron chi connectivity index (χ2n) is 7.17. The van der Waals surface area contributed by atoms with Gasteiger partial charge in [-0.15, -0.1) is 11.3 Å². The van der Waals surface area contributed by atoms with Gasteiger partial charge in [-0.2, -0.15) is 0 Å². The van der Waals surface area contributed by atoms with E-state index >= 15 is 0 Å². The summed E-state index contributed by atoms with van der Waals surface area (Å²) in [6.45, 7) is 2.67. The van der Waals surface area contributed by atoms with Crippen LogP contribution in [-0.2, 0) is 6.42 Å². The average Bonchev–Trinajstić information content (AvgIpc) is 2.97. The average molecular weight is 425 g/mol. The number of thiophene rings is 1. The summed E-state index contributed by atoms with van der Waals surface area (Å²) in [6, 6.07) is 16.3. The van der Waals surface area contributed by atoms with E-state index < -0.39 is 0 Å². The van der Waals surface area contributed by atoms with E-state index in [0.29, 0.717) is 27.7 Å². The molecule has 0 atom stereocenters. The summed E-state index contributed by atoms with van der Waals surface area (Å²) in [5.41, 5.74) is 3.88. The van der Waals surface area contributed by atoms with Gasteiger partial charge in [-0.3, -0.25) is 9.59 Å². The number of amides is 2. The molecule has 1 aliphatic heterocycles. The first-order valence-electron chi connectivity index (χ1n) is 9.59.